The lowest BCUT2D eigenvalue weighted by Gasteiger charge is -2.14. The fraction of sp³-hybridized carbons (Fsp3) is 0.867. The van der Waals surface area contributed by atoms with Crippen LogP contribution in [0.2, 0.25) is 0 Å². The smallest absolute Gasteiger partial charge is 0.242 e. The minimum absolute atomic E-state index is 0.0366. The lowest BCUT2D eigenvalue weighted by atomic mass is 10.1. The van der Waals surface area contributed by atoms with Gasteiger partial charge in [-0.15, -0.1) is 11.8 Å². The predicted octanol–water partition coefficient (Wildman–Crippen LogP) is 3.62. The van der Waals surface area contributed by atoms with Gasteiger partial charge in [-0.25, -0.2) is 0 Å². The summed E-state index contributed by atoms with van der Waals surface area (Å²) in [6.07, 6.45) is 8.45. The van der Waals surface area contributed by atoms with Gasteiger partial charge in [-0.2, -0.15) is 0 Å². The van der Waals surface area contributed by atoms with Gasteiger partial charge in [0, 0.05) is 13.0 Å². The highest BCUT2D eigenvalue weighted by Gasteiger charge is 2.37. The summed E-state index contributed by atoms with van der Waals surface area (Å²) in [4.78, 5) is 25.4. The first-order valence-corrected chi connectivity index (χ1v) is 8.71. The Morgan fingerprint density at radius 2 is 1.74 bits per heavy atom. The minimum atomic E-state index is -0.102. The lowest BCUT2D eigenvalue weighted by molar-refractivity contribution is -0.138. The zero-order valence-electron chi connectivity index (χ0n) is 12.3. The second-order valence-corrected chi connectivity index (χ2v) is 6.53. The Balaban J connectivity index is 2.26. The maximum atomic E-state index is 12.1. The first kappa shape index (κ1) is 16.5. The normalized spacial score (nSPS) is 19.5. The van der Waals surface area contributed by atoms with Crippen LogP contribution in [0.3, 0.4) is 0 Å². The topological polar surface area (TPSA) is 37.4 Å². The quantitative estimate of drug-likeness (QED) is 0.454. The Bertz CT molecular complexity index is 294. The molecule has 1 atom stereocenters. The van der Waals surface area contributed by atoms with Crippen LogP contribution in [-0.4, -0.2) is 34.3 Å². The van der Waals surface area contributed by atoms with E-state index < -0.39 is 0 Å². The van der Waals surface area contributed by atoms with Crippen LogP contribution in [-0.2, 0) is 9.59 Å². The largest absolute Gasteiger partial charge is 0.282 e. The van der Waals surface area contributed by atoms with E-state index in [9.17, 15) is 9.59 Å². The Labute approximate surface area is 121 Å². The summed E-state index contributed by atoms with van der Waals surface area (Å²) >= 11 is 1.66. The van der Waals surface area contributed by atoms with Crippen molar-refractivity contribution in [3.05, 3.63) is 0 Å². The van der Waals surface area contributed by atoms with Gasteiger partial charge in [0.2, 0.25) is 11.8 Å². The average molecular weight is 285 g/mol. The molecular formula is C15H27NO2S. The van der Waals surface area contributed by atoms with Crippen molar-refractivity contribution < 1.29 is 9.59 Å². The summed E-state index contributed by atoms with van der Waals surface area (Å²) in [5.74, 6) is 1.08. The molecule has 0 aromatic rings. The molecule has 1 aliphatic rings. The zero-order chi connectivity index (χ0) is 14.1. The fourth-order valence-corrected chi connectivity index (χ4v) is 3.53. The monoisotopic (exact) mass is 285 g/mol. The first-order valence-electron chi connectivity index (χ1n) is 7.66. The summed E-state index contributed by atoms with van der Waals surface area (Å²) in [5.41, 5.74) is 0. The van der Waals surface area contributed by atoms with Crippen LogP contribution in [0.1, 0.15) is 65.2 Å². The van der Waals surface area contributed by atoms with Gasteiger partial charge < -0.3 is 0 Å². The number of hydrogen-bond acceptors (Lipinski definition) is 3. The van der Waals surface area contributed by atoms with Crippen molar-refractivity contribution in [1.29, 1.82) is 0 Å². The van der Waals surface area contributed by atoms with Crippen molar-refractivity contribution in [3.63, 3.8) is 0 Å². The molecule has 0 bridgehead atoms. The van der Waals surface area contributed by atoms with Crippen LogP contribution in [0.15, 0.2) is 0 Å². The molecule has 0 N–H and O–H groups in total. The molecule has 1 unspecified atom stereocenters. The van der Waals surface area contributed by atoms with E-state index >= 15 is 0 Å². The molecule has 0 aliphatic carbocycles. The van der Waals surface area contributed by atoms with Gasteiger partial charge in [-0.3, -0.25) is 14.5 Å². The number of likely N-dealkylation sites (tertiary alicyclic amines) is 1. The highest BCUT2D eigenvalue weighted by atomic mass is 32.2. The van der Waals surface area contributed by atoms with E-state index in [-0.39, 0.29) is 17.1 Å². The highest BCUT2D eigenvalue weighted by Crippen LogP contribution is 2.26. The molecule has 1 aliphatic heterocycles. The summed E-state index contributed by atoms with van der Waals surface area (Å²) < 4.78 is 0. The van der Waals surface area contributed by atoms with Gasteiger partial charge in [0.1, 0.15) is 0 Å². The summed E-state index contributed by atoms with van der Waals surface area (Å²) in [7, 11) is 0. The lowest BCUT2D eigenvalue weighted by Crippen LogP contribution is -2.32. The first-order chi connectivity index (χ1) is 9.20. The Kier molecular flexibility index (Phi) is 8.19. The molecule has 0 aromatic heterocycles. The second-order valence-electron chi connectivity index (χ2n) is 5.21. The van der Waals surface area contributed by atoms with E-state index in [1.54, 1.807) is 11.8 Å². The van der Waals surface area contributed by atoms with Crippen molar-refractivity contribution >= 4 is 23.6 Å². The number of carbonyl (C=O) groups is 2. The van der Waals surface area contributed by atoms with Crippen molar-refractivity contribution in [3.8, 4) is 0 Å². The standard InChI is InChI=1S/C15H27NO2S/c1-3-5-7-8-9-10-16-14(17)12-13(15(16)18)19-11-6-4-2/h13H,3-12H2,1-2H3. The Morgan fingerprint density at radius 1 is 1.05 bits per heavy atom. The molecule has 1 rings (SSSR count). The summed E-state index contributed by atoms with van der Waals surface area (Å²) in [6, 6.07) is 0. The number of nitrogens with zero attached hydrogens (tertiary/aromatic N) is 1. The van der Waals surface area contributed by atoms with Crippen molar-refractivity contribution in [1.82, 2.24) is 4.90 Å². The van der Waals surface area contributed by atoms with Crippen LogP contribution in [0.25, 0.3) is 0 Å². The van der Waals surface area contributed by atoms with E-state index in [1.165, 1.54) is 24.2 Å². The van der Waals surface area contributed by atoms with E-state index in [0.717, 1.165) is 31.4 Å². The summed E-state index contributed by atoms with van der Waals surface area (Å²) in [5, 5.41) is -0.102. The van der Waals surface area contributed by atoms with Crippen LogP contribution < -0.4 is 0 Å². The maximum Gasteiger partial charge on any atom is 0.242 e. The number of hydrogen-bond donors (Lipinski definition) is 0. The van der Waals surface area contributed by atoms with Crippen LogP contribution in [0.5, 0.6) is 0 Å². The third kappa shape index (κ3) is 5.55. The molecule has 0 aromatic carbocycles. The minimum Gasteiger partial charge on any atom is -0.282 e. The average Bonchev–Trinajstić information content (AvgIpc) is 2.66. The highest BCUT2D eigenvalue weighted by molar-refractivity contribution is 8.00. The zero-order valence-corrected chi connectivity index (χ0v) is 13.1. The third-order valence-corrected chi connectivity index (χ3v) is 4.80. The molecule has 3 nitrogen and oxygen atoms in total. The fourth-order valence-electron chi connectivity index (χ4n) is 2.26. The maximum absolute atomic E-state index is 12.1. The molecule has 1 fully saturated rings. The molecule has 0 radical (unpaired) electrons. The van der Waals surface area contributed by atoms with Crippen LogP contribution in [0, 0.1) is 0 Å². The SMILES string of the molecule is CCCCCCCN1C(=O)CC(SCCCC)C1=O. The molecule has 0 spiro atoms. The van der Waals surface area contributed by atoms with Crippen LogP contribution in [0.4, 0.5) is 0 Å². The van der Waals surface area contributed by atoms with Crippen molar-refractivity contribution in [2.75, 3.05) is 12.3 Å². The molecule has 4 heteroatoms. The van der Waals surface area contributed by atoms with E-state index in [2.05, 4.69) is 13.8 Å². The number of unbranched alkanes of at least 4 members (excludes halogenated alkanes) is 5. The van der Waals surface area contributed by atoms with E-state index in [4.69, 9.17) is 0 Å². The number of imide groups is 1. The number of thioether (sulfide) groups is 1. The molecule has 0 saturated carbocycles. The Hall–Kier alpha value is -0.510. The summed E-state index contributed by atoms with van der Waals surface area (Å²) in [6.45, 7) is 4.96. The number of amides is 2. The van der Waals surface area contributed by atoms with Crippen molar-refractivity contribution in [2.24, 2.45) is 0 Å². The van der Waals surface area contributed by atoms with Gasteiger partial charge in [0.25, 0.3) is 0 Å². The van der Waals surface area contributed by atoms with E-state index in [1.807, 2.05) is 0 Å². The number of carbonyl (C=O) groups excluding carboxylic acids is 2. The predicted molar refractivity (Wildman–Crippen MR) is 81.3 cm³/mol. The molecule has 110 valence electrons. The molecule has 2 amide bonds. The van der Waals surface area contributed by atoms with Gasteiger partial charge in [-0.1, -0.05) is 46.0 Å². The van der Waals surface area contributed by atoms with Gasteiger partial charge in [-0.05, 0) is 18.6 Å². The number of rotatable bonds is 10. The van der Waals surface area contributed by atoms with Gasteiger partial charge in [0.15, 0.2) is 0 Å². The molecular weight excluding hydrogens is 258 g/mol. The molecule has 19 heavy (non-hydrogen) atoms. The molecule has 1 saturated heterocycles. The van der Waals surface area contributed by atoms with Gasteiger partial charge in [0.05, 0.1) is 5.25 Å². The Morgan fingerprint density at radius 3 is 2.42 bits per heavy atom. The third-order valence-electron chi connectivity index (χ3n) is 3.50. The van der Waals surface area contributed by atoms with Crippen molar-refractivity contribution in [2.45, 2.75) is 70.5 Å². The second kappa shape index (κ2) is 9.40. The molecule has 1 heterocycles. The van der Waals surface area contributed by atoms with Gasteiger partial charge >= 0.3 is 0 Å². The van der Waals surface area contributed by atoms with E-state index in [0.29, 0.717) is 13.0 Å². The van der Waals surface area contributed by atoms with Crippen LogP contribution >= 0.6 is 11.8 Å².